The maximum absolute atomic E-state index is 12.4. The van der Waals surface area contributed by atoms with E-state index >= 15 is 0 Å². The lowest BCUT2D eigenvalue weighted by Gasteiger charge is -2.22. The average Bonchev–Trinajstić information content (AvgIpc) is 2.73. The van der Waals surface area contributed by atoms with Gasteiger partial charge < -0.3 is 10.1 Å². The largest absolute Gasteiger partial charge is 0.481 e. The molecule has 4 heteroatoms. The Labute approximate surface area is 132 Å². The third-order valence-corrected chi connectivity index (χ3v) is 4.17. The Morgan fingerprint density at radius 3 is 2.67 bits per heavy atom. The van der Waals surface area contributed by atoms with Crippen molar-refractivity contribution >= 4 is 17.5 Å². The fourth-order valence-corrected chi connectivity index (χ4v) is 2.92. The lowest BCUT2D eigenvalue weighted by Crippen LogP contribution is -2.43. The molecule has 3 nitrogen and oxygen atoms in total. The van der Waals surface area contributed by atoms with Crippen molar-refractivity contribution in [1.82, 2.24) is 5.32 Å². The van der Waals surface area contributed by atoms with Crippen LogP contribution in [0, 0.1) is 0 Å². The molecule has 1 fully saturated rings. The molecule has 0 aromatic heterocycles. The van der Waals surface area contributed by atoms with Gasteiger partial charge in [0.25, 0.3) is 5.91 Å². The number of carbonyl (C=O) groups excluding carboxylic acids is 1. The number of benzene rings is 1. The zero-order chi connectivity index (χ0) is 15.1. The van der Waals surface area contributed by atoms with Gasteiger partial charge in [-0.05, 0) is 37.5 Å². The highest BCUT2D eigenvalue weighted by molar-refractivity contribution is 6.30. The molecule has 1 amide bonds. The fraction of sp³-hybridized carbons (Fsp3) is 0.588. The number of nitrogens with one attached hydrogen (secondary N) is 1. The Balaban J connectivity index is 1.91. The summed E-state index contributed by atoms with van der Waals surface area (Å²) in [6.45, 7) is 1.96. The van der Waals surface area contributed by atoms with Gasteiger partial charge in [0.2, 0.25) is 0 Å². The van der Waals surface area contributed by atoms with Crippen LogP contribution < -0.4 is 10.1 Å². The van der Waals surface area contributed by atoms with Gasteiger partial charge in [0.15, 0.2) is 6.10 Å². The summed E-state index contributed by atoms with van der Waals surface area (Å²) in [5.41, 5.74) is 0. The van der Waals surface area contributed by atoms with Crippen LogP contribution in [0.4, 0.5) is 0 Å². The first-order valence-electron chi connectivity index (χ1n) is 7.91. The van der Waals surface area contributed by atoms with Gasteiger partial charge in [0, 0.05) is 11.1 Å². The molecule has 0 bridgehead atoms. The topological polar surface area (TPSA) is 38.3 Å². The van der Waals surface area contributed by atoms with Gasteiger partial charge in [-0.2, -0.15) is 0 Å². The van der Waals surface area contributed by atoms with Gasteiger partial charge in [-0.1, -0.05) is 50.3 Å². The molecule has 0 unspecified atom stereocenters. The van der Waals surface area contributed by atoms with Crippen molar-refractivity contribution < 1.29 is 9.53 Å². The minimum absolute atomic E-state index is 0.00984. The van der Waals surface area contributed by atoms with Crippen molar-refractivity contribution in [3.05, 3.63) is 29.3 Å². The van der Waals surface area contributed by atoms with Crippen LogP contribution in [-0.2, 0) is 4.79 Å². The van der Waals surface area contributed by atoms with E-state index in [9.17, 15) is 4.79 Å². The maximum atomic E-state index is 12.4. The Bertz CT molecular complexity index is 456. The quantitative estimate of drug-likeness (QED) is 0.822. The summed E-state index contributed by atoms with van der Waals surface area (Å²) < 4.78 is 5.78. The second-order valence-electron chi connectivity index (χ2n) is 5.67. The smallest absolute Gasteiger partial charge is 0.261 e. The van der Waals surface area contributed by atoms with Crippen LogP contribution >= 0.6 is 11.6 Å². The average molecular weight is 310 g/mol. The van der Waals surface area contributed by atoms with Gasteiger partial charge >= 0.3 is 0 Å². The molecule has 0 aliphatic heterocycles. The summed E-state index contributed by atoms with van der Waals surface area (Å²) in [6.07, 6.45) is 7.33. The molecule has 1 aliphatic carbocycles. The van der Waals surface area contributed by atoms with Gasteiger partial charge in [0.1, 0.15) is 5.75 Å². The van der Waals surface area contributed by atoms with Crippen LogP contribution in [0.25, 0.3) is 0 Å². The van der Waals surface area contributed by atoms with E-state index in [2.05, 4.69) is 5.32 Å². The highest BCUT2D eigenvalue weighted by Gasteiger charge is 2.22. The molecule has 1 aliphatic rings. The first-order valence-corrected chi connectivity index (χ1v) is 8.29. The lowest BCUT2D eigenvalue weighted by molar-refractivity contribution is -0.128. The highest BCUT2D eigenvalue weighted by Crippen LogP contribution is 2.20. The number of amides is 1. The van der Waals surface area contributed by atoms with Crippen LogP contribution in [0.15, 0.2) is 24.3 Å². The number of hydrogen-bond acceptors (Lipinski definition) is 2. The minimum Gasteiger partial charge on any atom is -0.481 e. The number of hydrogen-bond donors (Lipinski definition) is 1. The zero-order valence-electron chi connectivity index (χ0n) is 12.6. The number of halogens is 1. The van der Waals surface area contributed by atoms with Crippen molar-refractivity contribution in [1.29, 1.82) is 0 Å². The molecule has 0 spiro atoms. The van der Waals surface area contributed by atoms with Crippen LogP contribution in [-0.4, -0.2) is 18.1 Å². The number of ether oxygens (including phenoxy) is 1. The van der Waals surface area contributed by atoms with E-state index in [0.29, 0.717) is 23.2 Å². The summed E-state index contributed by atoms with van der Waals surface area (Å²) in [6, 6.07) is 7.49. The molecule has 1 N–H and O–H groups in total. The molecule has 0 heterocycles. The van der Waals surface area contributed by atoms with Crippen LogP contribution in [0.5, 0.6) is 5.75 Å². The maximum Gasteiger partial charge on any atom is 0.261 e. The normalized spacial score (nSPS) is 17.8. The van der Waals surface area contributed by atoms with E-state index in [1.165, 1.54) is 25.7 Å². The zero-order valence-corrected chi connectivity index (χ0v) is 13.4. The minimum atomic E-state index is -0.452. The van der Waals surface area contributed by atoms with E-state index in [-0.39, 0.29) is 5.91 Å². The number of carbonyl (C=O) groups is 1. The molecule has 116 valence electrons. The van der Waals surface area contributed by atoms with Crippen molar-refractivity contribution in [3.8, 4) is 5.75 Å². The Morgan fingerprint density at radius 2 is 2.05 bits per heavy atom. The molecule has 1 aromatic rings. The summed E-state index contributed by atoms with van der Waals surface area (Å²) in [7, 11) is 0. The van der Waals surface area contributed by atoms with E-state index < -0.39 is 6.10 Å². The molecule has 1 saturated carbocycles. The summed E-state index contributed by atoms with van der Waals surface area (Å²) in [5.74, 6) is 0.634. The van der Waals surface area contributed by atoms with Crippen LogP contribution in [0.1, 0.15) is 51.9 Å². The third kappa shape index (κ3) is 5.24. The molecule has 1 atom stereocenters. The molecule has 0 saturated heterocycles. The van der Waals surface area contributed by atoms with Gasteiger partial charge in [-0.25, -0.2) is 0 Å². The van der Waals surface area contributed by atoms with Gasteiger partial charge in [-0.3, -0.25) is 4.79 Å². The standard InChI is InChI=1S/C17H24ClNO2/c1-2-16(21-15-11-7-8-13(18)12-15)17(20)19-14-9-5-3-4-6-10-14/h7-8,11-12,14,16H,2-6,9-10H2,1H3,(H,19,20)/t16-/m1/s1. The van der Waals surface area contributed by atoms with Gasteiger partial charge in [-0.15, -0.1) is 0 Å². The first-order chi connectivity index (χ1) is 10.2. The first kappa shape index (κ1) is 16.2. The molecular formula is C17H24ClNO2. The van der Waals surface area contributed by atoms with Crippen molar-refractivity contribution in [2.75, 3.05) is 0 Å². The Hall–Kier alpha value is -1.22. The molecular weight excluding hydrogens is 286 g/mol. The predicted molar refractivity (Wildman–Crippen MR) is 85.8 cm³/mol. The predicted octanol–water partition coefficient (Wildman–Crippen LogP) is 4.34. The molecule has 0 radical (unpaired) electrons. The Kier molecular flexibility index (Phi) is 6.37. The SMILES string of the molecule is CC[C@@H](Oc1cccc(Cl)c1)C(=O)NC1CCCCCC1. The van der Waals surface area contributed by atoms with Crippen LogP contribution in [0.2, 0.25) is 5.02 Å². The monoisotopic (exact) mass is 309 g/mol. The van der Waals surface area contributed by atoms with E-state index in [4.69, 9.17) is 16.3 Å². The summed E-state index contributed by atoms with van der Waals surface area (Å²) in [5, 5.41) is 3.76. The van der Waals surface area contributed by atoms with Gasteiger partial charge in [0.05, 0.1) is 0 Å². The van der Waals surface area contributed by atoms with Crippen molar-refractivity contribution in [2.24, 2.45) is 0 Å². The van der Waals surface area contributed by atoms with E-state index in [0.717, 1.165) is 12.8 Å². The summed E-state index contributed by atoms with van der Waals surface area (Å²) >= 11 is 5.94. The molecule has 2 rings (SSSR count). The van der Waals surface area contributed by atoms with Crippen molar-refractivity contribution in [3.63, 3.8) is 0 Å². The molecule has 21 heavy (non-hydrogen) atoms. The molecule has 1 aromatic carbocycles. The fourth-order valence-electron chi connectivity index (χ4n) is 2.74. The number of rotatable bonds is 5. The third-order valence-electron chi connectivity index (χ3n) is 3.94. The lowest BCUT2D eigenvalue weighted by atomic mass is 10.1. The highest BCUT2D eigenvalue weighted by atomic mass is 35.5. The Morgan fingerprint density at radius 1 is 1.33 bits per heavy atom. The second-order valence-corrected chi connectivity index (χ2v) is 6.11. The van der Waals surface area contributed by atoms with E-state index in [1.54, 1.807) is 12.1 Å². The van der Waals surface area contributed by atoms with Crippen LogP contribution in [0.3, 0.4) is 0 Å². The van der Waals surface area contributed by atoms with E-state index in [1.807, 2.05) is 19.1 Å². The second kappa shape index (κ2) is 8.28. The summed E-state index contributed by atoms with van der Waals surface area (Å²) in [4.78, 5) is 12.4. The van der Waals surface area contributed by atoms with Crippen molar-refractivity contribution in [2.45, 2.75) is 64.0 Å².